The Morgan fingerprint density at radius 2 is 1.62 bits per heavy atom. The summed E-state index contributed by atoms with van der Waals surface area (Å²) in [4.78, 5) is 0. The van der Waals surface area contributed by atoms with Gasteiger partial charge in [-0.15, -0.1) is 0 Å². The smallest absolute Gasteiger partial charge is 0.0430 e. The Hall–Kier alpha value is 0.608. The van der Waals surface area contributed by atoms with E-state index in [-0.39, 0.29) is 21.1 Å². The van der Waals surface area contributed by atoms with Crippen LogP contribution in [0.4, 0.5) is 0 Å². The van der Waals surface area contributed by atoms with Gasteiger partial charge in [0, 0.05) is 34.8 Å². The zero-order chi connectivity index (χ0) is 6.12. The molecule has 0 saturated carbocycles. The van der Waals surface area contributed by atoms with E-state index in [1.54, 1.807) is 0 Å². The predicted molar refractivity (Wildman–Crippen MR) is 30.1 cm³/mol. The standard InChI is InChI=1S/C4H10O.CH4O.W/c1-2-3-4-5;1-2;/h5H,2-4H2,1H3;2H,1H3;. The Morgan fingerprint density at radius 1 is 1.25 bits per heavy atom. The summed E-state index contributed by atoms with van der Waals surface area (Å²) in [6.07, 6.45) is 2.04. The average Bonchev–Trinajstić information content (AvgIpc) is 1.75. The minimum Gasteiger partial charge on any atom is -0.400 e. The second-order valence-electron chi connectivity index (χ2n) is 1.08. The number of hydrogen-bond donors (Lipinski definition) is 2. The molecule has 0 atom stereocenters. The maximum absolute atomic E-state index is 8.07. The summed E-state index contributed by atoms with van der Waals surface area (Å²) in [6, 6.07) is 0. The van der Waals surface area contributed by atoms with Gasteiger partial charge in [0.05, 0.1) is 0 Å². The van der Waals surface area contributed by atoms with E-state index in [9.17, 15) is 0 Å². The first-order valence-electron chi connectivity index (χ1n) is 2.47. The number of aliphatic hydroxyl groups excluding tert-OH is 2. The van der Waals surface area contributed by atoms with Crippen molar-refractivity contribution in [3.8, 4) is 0 Å². The summed E-state index contributed by atoms with van der Waals surface area (Å²) >= 11 is 0. The first-order valence-corrected chi connectivity index (χ1v) is 2.47. The second-order valence-corrected chi connectivity index (χ2v) is 1.08. The summed E-state index contributed by atoms with van der Waals surface area (Å²) < 4.78 is 0. The summed E-state index contributed by atoms with van der Waals surface area (Å²) in [5, 5.41) is 15.1. The Kier molecular flexibility index (Phi) is 50.5. The summed E-state index contributed by atoms with van der Waals surface area (Å²) in [7, 11) is 1.00. The van der Waals surface area contributed by atoms with Crippen LogP contribution in [0, 0.1) is 0 Å². The zero-order valence-electron chi connectivity index (χ0n) is 5.42. The van der Waals surface area contributed by atoms with E-state index in [1.807, 2.05) is 0 Å². The molecule has 0 heterocycles. The molecule has 0 aliphatic rings. The molecule has 8 heavy (non-hydrogen) atoms. The zero-order valence-corrected chi connectivity index (χ0v) is 8.36. The van der Waals surface area contributed by atoms with Gasteiger partial charge in [-0.25, -0.2) is 0 Å². The van der Waals surface area contributed by atoms with Gasteiger partial charge in [-0.1, -0.05) is 13.3 Å². The van der Waals surface area contributed by atoms with E-state index >= 15 is 0 Å². The third kappa shape index (κ3) is 30.6. The fraction of sp³-hybridized carbons (Fsp3) is 1.00. The molecule has 0 radical (unpaired) electrons. The summed E-state index contributed by atoms with van der Waals surface area (Å²) in [6.45, 7) is 2.40. The van der Waals surface area contributed by atoms with E-state index in [4.69, 9.17) is 10.2 Å². The van der Waals surface area contributed by atoms with Crippen LogP contribution in [0.5, 0.6) is 0 Å². The molecule has 0 amide bonds. The van der Waals surface area contributed by atoms with Crippen LogP contribution in [-0.4, -0.2) is 23.9 Å². The molecule has 0 unspecified atom stereocenters. The monoisotopic (exact) mass is 290 g/mol. The Morgan fingerprint density at radius 3 is 1.62 bits per heavy atom. The van der Waals surface area contributed by atoms with Gasteiger partial charge in [0.2, 0.25) is 0 Å². The van der Waals surface area contributed by atoms with Crippen molar-refractivity contribution in [1.29, 1.82) is 0 Å². The minimum atomic E-state index is 0. The van der Waals surface area contributed by atoms with Gasteiger partial charge >= 0.3 is 0 Å². The van der Waals surface area contributed by atoms with E-state index in [0.29, 0.717) is 6.61 Å². The summed E-state index contributed by atoms with van der Waals surface area (Å²) in [5.41, 5.74) is 0. The SMILES string of the molecule is CCCCO.CO.[W]. The molecule has 0 spiro atoms. The van der Waals surface area contributed by atoms with Crippen LogP contribution in [0.1, 0.15) is 19.8 Å². The average molecular weight is 290 g/mol. The molecule has 0 aromatic heterocycles. The minimum absolute atomic E-state index is 0. The number of unbranched alkanes of at least 4 members (excludes halogenated alkanes) is 1. The molecule has 0 fully saturated rings. The van der Waals surface area contributed by atoms with Crippen LogP contribution in [0.15, 0.2) is 0 Å². The van der Waals surface area contributed by atoms with E-state index < -0.39 is 0 Å². The van der Waals surface area contributed by atoms with Crippen LogP contribution < -0.4 is 0 Å². The van der Waals surface area contributed by atoms with Gasteiger partial charge in [-0.2, -0.15) is 0 Å². The van der Waals surface area contributed by atoms with Gasteiger partial charge in [-0.3, -0.25) is 0 Å². The molecule has 0 aromatic rings. The molecule has 2 N–H and O–H groups in total. The van der Waals surface area contributed by atoms with Crippen molar-refractivity contribution in [2.75, 3.05) is 13.7 Å². The predicted octanol–water partition coefficient (Wildman–Crippen LogP) is 0.385. The van der Waals surface area contributed by atoms with Gasteiger partial charge in [0.1, 0.15) is 0 Å². The van der Waals surface area contributed by atoms with Crippen LogP contribution >= 0.6 is 0 Å². The van der Waals surface area contributed by atoms with Gasteiger partial charge in [0.25, 0.3) is 0 Å². The number of aliphatic hydroxyl groups is 2. The topological polar surface area (TPSA) is 40.5 Å². The molecule has 0 saturated heterocycles. The summed E-state index contributed by atoms with van der Waals surface area (Å²) in [5.74, 6) is 0. The first-order chi connectivity index (χ1) is 3.41. The van der Waals surface area contributed by atoms with Gasteiger partial charge in [-0.05, 0) is 6.42 Å². The largest absolute Gasteiger partial charge is 0.400 e. The fourth-order valence-corrected chi connectivity index (χ4v) is 0.158. The van der Waals surface area contributed by atoms with Crippen molar-refractivity contribution in [2.45, 2.75) is 19.8 Å². The Bertz CT molecular complexity index is 17.9. The van der Waals surface area contributed by atoms with E-state index in [0.717, 1.165) is 20.0 Å². The van der Waals surface area contributed by atoms with Gasteiger partial charge < -0.3 is 10.2 Å². The second kappa shape index (κ2) is 25.5. The van der Waals surface area contributed by atoms with Crippen LogP contribution in [-0.2, 0) is 21.1 Å². The quantitative estimate of drug-likeness (QED) is 0.772. The maximum Gasteiger partial charge on any atom is 0.0430 e. The van der Waals surface area contributed by atoms with E-state index in [2.05, 4.69) is 6.92 Å². The molecular formula is C5H14O2W. The third-order valence-corrected chi connectivity index (χ3v) is 0.512. The van der Waals surface area contributed by atoms with Crippen molar-refractivity contribution >= 4 is 0 Å². The molecule has 3 heteroatoms. The van der Waals surface area contributed by atoms with Crippen LogP contribution in [0.25, 0.3) is 0 Å². The van der Waals surface area contributed by atoms with Crippen molar-refractivity contribution < 1.29 is 31.3 Å². The Balaban J connectivity index is -0.0000000750. The molecular weight excluding hydrogens is 276 g/mol. The normalized spacial score (nSPS) is 6.00. The van der Waals surface area contributed by atoms with Crippen LogP contribution in [0.3, 0.4) is 0 Å². The number of rotatable bonds is 2. The molecule has 0 aliphatic heterocycles. The molecule has 52 valence electrons. The molecule has 2 nitrogen and oxygen atoms in total. The van der Waals surface area contributed by atoms with Crippen LogP contribution in [0.2, 0.25) is 0 Å². The molecule has 0 bridgehead atoms. The number of hydrogen-bond acceptors (Lipinski definition) is 2. The van der Waals surface area contributed by atoms with Crippen molar-refractivity contribution in [3.05, 3.63) is 0 Å². The Labute approximate surface area is 65.2 Å². The van der Waals surface area contributed by atoms with Crippen molar-refractivity contribution in [2.24, 2.45) is 0 Å². The van der Waals surface area contributed by atoms with E-state index in [1.165, 1.54) is 0 Å². The first kappa shape index (κ1) is 15.8. The molecule has 0 aliphatic carbocycles. The molecule has 0 aromatic carbocycles. The van der Waals surface area contributed by atoms with Crippen molar-refractivity contribution in [1.82, 2.24) is 0 Å². The van der Waals surface area contributed by atoms with Gasteiger partial charge in [0.15, 0.2) is 0 Å². The van der Waals surface area contributed by atoms with Crippen molar-refractivity contribution in [3.63, 3.8) is 0 Å². The maximum atomic E-state index is 8.07. The molecule has 0 rings (SSSR count). The fourth-order valence-electron chi connectivity index (χ4n) is 0.158. The third-order valence-electron chi connectivity index (χ3n) is 0.512.